The minimum absolute atomic E-state index is 0.0607. The van der Waals surface area contributed by atoms with Gasteiger partial charge in [-0.25, -0.2) is 4.98 Å². The Morgan fingerprint density at radius 1 is 1.05 bits per heavy atom. The van der Waals surface area contributed by atoms with Gasteiger partial charge in [-0.3, -0.25) is 4.79 Å². The van der Waals surface area contributed by atoms with Crippen LogP contribution in [0.25, 0.3) is 0 Å². The van der Waals surface area contributed by atoms with Crippen LogP contribution in [0.3, 0.4) is 0 Å². The van der Waals surface area contributed by atoms with Crippen molar-refractivity contribution in [1.29, 1.82) is 0 Å². The molecular weight excluding hydrogens is 262 g/mol. The van der Waals surface area contributed by atoms with Crippen molar-refractivity contribution in [3.8, 4) is 0 Å². The van der Waals surface area contributed by atoms with Crippen LogP contribution in [-0.2, 0) is 4.79 Å². The maximum atomic E-state index is 12.0. The standard InChI is InChI=1S/C17H21N3O/c1-3-13(4-2)17(21)20-15-10-11-16(18-12-15)19-14-8-6-5-7-9-14/h5-13H,3-4H2,1-2H3,(H,18,19)(H,20,21). The molecule has 0 aliphatic carbocycles. The molecule has 2 rings (SSSR count). The van der Waals surface area contributed by atoms with Gasteiger partial charge in [0.15, 0.2) is 0 Å². The molecule has 0 fully saturated rings. The summed E-state index contributed by atoms with van der Waals surface area (Å²) in [5, 5.41) is 6.11. The summed E-state index contributed by atoms with van der Waals surface area (Å²) in [6.07, 6.45) is 3.37. The molecule has 1 heterocycles. The summed E-state index contributed by atoms with van der Waals surface area (Å²) >= 11 is 0. The van der Waals surface area contributed by atoms with Crippen LogP contribution in [0.4, 0.5) is 17.2 Å². The predicted octanol–water partition coefficient (Wildman–Crippen LogP) is 4.20. The van der Waals surface area contributed by atoms with Crippen LogP contribution in [0.5, 0.6) is 0 Å². The second kappa shape index (κ2) is 7.43. The molecule has 2 N–H and O–H groups in total. The zero-order valence-electron chi connectivity index (χ0n) is 12.5. The van der Waals surface area contributed by atoms with E-state index in [9.17, 15) is 4.79 Å². The van der Waals surface area contributed by atoms with Crippen molar-refractivity contribution < 1.29 is 4.79 Å². The van der Waals surface area contributed by atoms with E-state index in [4.69, 9.17) is 0 Å². The number of pyridine rings is 1. The van der Waals surface area contributed by atoms with Gasteiger partial charge in [0.05, 0.1) is 11.9 Å². The van der Waals surface area contributed by atoms with Crippen molar-refractivity contribution in [1.82, 2.24) is 4.98 Å². The first-order chi connectivity index (χ1) is 10.2. The molecule has 2 aromatic rings. The Balaban J connectivity index is 1.97. The minimum atomic E-state index is 0.0607. The molecule has 110 valence electrons. The molecule has 1 aromatic heterocycles. The Bertz CT molecular complexity index is 562. The molecule has 0 aliphatic rings. The van der Waals surface area contributed by atoms with Crippen molar-refractivity contribution in [2.24, 2.45) is 5.92 Å². The first-order valence-corrected chi connectivity index (χ1v) is 7.32. The lowest BCUT2D eigenvalue weighted by atomic mass is 10.0. The smallest absolute Gasteiger partial charge is 0.227 e. The Morgan fingerprint density at radius 3 is 2.33 bits per heavy atom. The fourth-order valence-electron chi connectivity index (χ4n) is 2.11. The molecule has 0 radical (unpaired) electrons. The van der Waals surface area contributed by atoms with E-state index in [0.29, 0.717) is 0 Å². The number of para-hydroxylation sites is 1. The van der Waals surface area contributed by atoms with Crippen molar-refractivity contribution in [3.05, 3.63) is 48.7 Å². The van der Waals surface area contributed by atoms with E-state index >= 15 is 0 Å². The van der Waals surface area contributed by atoms with Crippen molar-refractivity contribution in [2.75, 3.05) is 10.6 Å². The van der Waals surface area contributed by atoms with Gasteiger partial charge < -0.3 is 10.6 Å². The third-order valence-electron chi connectivity index (χ3n) is 3.43. The van der Waals surface area contributed by atoms with Crippen molar-refractivity contribution in [3.63, 3.8) is 0 Å². The summed E-state index contributed by atoms with van der Waals surface area (Å²) in [6, 6.07) is 13.6. The Morgan fingerprint density at radius 2 is 1.76 bits per heavy atom. The van der Waals surface area contributed by atoms with Gasteiger partial charge in [-0.1, -0.05) is 32.0 Å². The third-order valence-corrected chi connectivity index (χ3v) is 3.43. The van der Waals surface area contributed by atoms with E-state index in [0.717, 1.165) is 30.0 Å². The number of carbonyl (C=O) groups is 1. The summed E-state index contributed by atoms with van der Waals surface area (Å²) in [4.78, 5) is 16.3. The molecule has 1 amide bonds. The second-order valence-electron chi connectivity index (χ2n) is 4.93. The van der Waals surface area contributed by atoms with Crippen LogP contribution in [0.1, 0.15) is 26.7 Å². The maximum Gasteiger partial charge on any atom is 0.227 e. The number of rotatable bonds is 6. The lowest BCUT2D eigenvalue weighted by molar-refractivity contribution is -0.120. The van der Waals surface area contributed by atoms with Gasteiger partial charge in [0, 0.05) is 11.6 Å². The molecule has 0 aliphatic heterocycles. The lowest BCUT2D eigenvalue weighted by Gasteiger charge is -2.13. The number of amides is 1. The molecule has 1 aromatic carbocycles. The fourth-order valence-corrected chi connectivity index (χ4v) is 2.11. The van der Waals surface area contributed by atoms with E-state index < -0.39 is 0 Å². The molecule has 0 saturated carbocycles. The van der Waals surface area contributed by atoms with Crippen LogP contribution < -0.4 is 10.6 Å². The second-order valence-corrected chi connectivity index (χ2v) is 4.93. The number of nitrogens with one attached hydrogen (secondary N) is 2. The number of hydrogen-bond donors (Lipinski definition) is 2. The summed E-state index contributed by atoms with van der Waals surface area (Å²) < 4.78 is 0. The third kappa shape index (κ3) is 4.31. The average molecular weight is 283 g/mol. The maximum absolute atomic E-state index is 12.0. The van der Waals surface area contributed by atoms with Gasteiger partial charge in [-0.05, 0) is 37.1 Å². The van der Waals surface area contributed by atoms with Gasteiger partial charge in [0.1, 0.15) is 5.82 Å². The number of benzene rings is 1. The van der Waals surface area contributed by atoms with Crippen LogP contribution in [0.15, 0.2) is 48.7 Å². The Labute approximate surface area is 125 Å². The van der Waals surface area contributed by atoms with E-state index in [1.807, 2.05) is 56.3 Å². The van der Waals surface area contributed by atoms with E-state index in [2.05, 4.69) is 15.6 Å². The van der Waals surface area contributed by atoms with E-state index in [1.165, 1.54) is 0 Å². The minimum Gasteiger partial charge on any atom is -0.340 e. The number of anilines is 3. The Kier molecular flexibility index (Phi) is 5.32. The highest BCUT2D eigenvalue weighted by atomic mass is 16.1. The van der Waals surface area contributed by atoms with Crippen LogP contribution in [0.2, 0.25) is 0 Å². The summed E-state index contributed by atoms with van der Waals surface area (Å²) in [7, 11) is 0. The summed E-state index contributed by atoms with van der Waals surface area (Å²) in [5.41, 5.74) is 1.71. The molecule has 4 nitrogen and oxygen atoms in total. The quantitative estimate of drug-likeness (QED) is 0.835. The molecule has 0 atom stereocenters. The summed E-state index contributed by atoms with van der Waals surface area (Å²) in [6.45, 7) is 4.05. The zero-order valence-corrected chi connectivity index (χ0v) is 12.5. The highest BCUT2D eigenvalue weighted by molar-refractivity contribution is 5.92. The Hall–Kier alpha value is -2.36. The molecular formula is C17H21N3O. The van der Waals surface area contributed by atoms with Gasteiger partial charge in [0.25, 0.3) is 0 Å². The van der Waals surface area contributed by atoms with Gasteiger partial charge in [0.2, 0.25) is 5.91 Å². The molecule has 0 bridgehead atoms. The number of hydrogen-bond acceptors (Lipinski definition) is 3. The average Bonchev–Trinajstić information content (AvgIpc) is 2.51. The van der Waals surface area contributed by atoms with E-state index in [-0.39, 0.29) is 11.8 Å². The monoisotopic (exact) mass is 283 g/mol. The zero-order chi connectivity index (χ0) is 15.1. The number of nitrogens with zero attached hydrogens (tertiary/aromatic N) is 1. The number of carbonyl (C=O) groups excluding carboxylic acids is 1. The van der Waals surface area contributed by atoms with Crippen molar-refractivity contribution in [2.45, 2.75) is 26.7 Å². The highest BCUT2D eigenvalue weighted by Gasteiger charge is 2.13. The van der Waals surface area contributed by atoms with Crippen LogP contribution >= 0.6 is 0 Å². The molecule has 4 heteroatoms. The van der Waals surface area contributed by atoms with Gasteiger partial charge in [-0.2, -0.15) is 0 Å². The highest BCUT2D eigenvalue weighted by Crippen LogP contribution is 2.17. The fraction of sp³-hybridized carbons (Fsp3) is 0.294. The normalized spacial score (nSPS) is 10.4. The summed E-state index contributed by atoms with van der Waals surface area (Å²) in [5.74, 6) is 0.874. The predicted molar refractivity (Wildman–Crippen MR) is 86.7 cm³/mol. The molecule has 0 unspecified atom stereocenters. The first kappa shape index (κ1) is 15.0. The first-order valence-electron chi connectivity index (χ1n) is 7.32. The molecule has 21 heavy (non-hydrogen) atoms. The van der Waals surface area contributed by atoms with Crippen LogP contribution in [0, 0.1) is 5.92 Å². The SMILES string of the molecule is CCC(CC)C(=O)Nc1ccc(Nc2ccccc2)nc1. The van der Waals surface area contributed by atoms with Crippen LogP contribution in [-0.4, -0.2) is 10.9 Å². The molecule has 0 saturated heterocycles. The van der Waals surface area contributed by atoms with Crippen molar-refractivity contribution >= 4 is 23.1 Å². The van der Waals surface area contributed by atoms with Gasteiger partial charge in [-0.15, -0.1) is 0 Å². The largest absolute Gasteiger partial charge is 0.340 e. The number of aromatic nitrogens is 1. The van der Waals surface area contributed by atoms with E-state index in [1.54, 1.807) is 6.20 Å². The molecule has 0 spiro atoms. The lowest BCUT2D eigenvalue weighted by Crippen LogP contribution is -2.21. The topological polar surface area (TPSA) is 54.0 Å². The van der Waals surface area contributed by atoms with Gasteiger partial charge >= 0.3 is 0 Å².